The number of hydrogen-bond acceptors (Lipinski definition) is 2. The van der Waals surface area contributed by atoms with Crippen LogP contribution in [0.3, 0.4) is 0 Å². The number of aryl methyl sites for hydroxylation is 1. The van der Waals surface area contributed by atoms with Gasteiger partial charge in [-0.05, 0) is 36.8 Å². The molecule has 23 heavy (non-hydrogen) atoms. The molecule has 1 fully saturated rings. The first-order valence-electron chi connectivity index (χ1n) is 8.80. The van der Waals surface area contributed by atoms with Crippen LogP contribution in [0.5, 0.6) is 0 Å². The van der Waals surface area contributed by atoms with E-state index in [2.05, 4.69) is 53.8 Å². The van der Waals surface area contributed by atoms with Gasteiger partial charge in [0.25, 0.3) is 0 Å². The van der Waals surface area contributed by atoms with Crippen molar-refractivity contribution in [3.8, 4) is 0 Å². The molecule has 2 nitrogen and oxygen atoms in total. The summed E-state index contributed by atoms with van der Waals surface area (Å²) in [6.45, 7) is 0.832. The maximum Gasteiger partial charge on any atom is 0.0803 e. The van der Waals surface area contributed by atoms with Crippen LogP contribution in [0.25, 0.3) is 0 Å². The molecule has 1 saturated carbocycles. The average Bonchev–Trinajstić information content (AvgIpc) is 2.61. The van der Waals surface area contributed by atoms with Crippen molar-refractivity contribution in [2.75, 3.05) is 0 Å². The summed E-state index contributed by atoms with van der Waals surface area (Å²) in [5.41, 5.74) is 2.01. The van der Waals surface area contributed by atoms with Crippen molar-refractivity contribution < 1.29 is 5.11 Å². The second kappa shape index (κ2) is 7.76. The highest BCUT2D eigenvalue weighted by molar-refractivity contribution is 5.16. The molecule has 2 heteroatoms. The summed E-state index contributed by atoms with van der Waals surface area (Å²) in [5, 5.41) is 14.8. The largest absolute Gasteiger partial charge is 0.388 e. The molecule has 3 rings (SSSR count). The number of nitrogens with one attached hydrogen (secondary N) is 1. The van der Waals surface area contributed by atoms with Crippen LogP contribution < -0.4 is 5.32 Å². The monoisotopic (exact) mass is 309 g/mol. The fourth-order valence-electron chi connectivity index (χ4n) is 3.66. The maximum atomic E-state index is 11.2. The SMILES string of the molecule is O[C@@]1(CCc2ccccc2)CCCC[C@@H]1NCc1ccccc1. The Kier molecular flexibility index (Phi) is 5.47. The summed E-state index contributed by atoms with van der Waals surface area (Å²) in [6, 6.07) is 21.1. The summed E-state index contributed by atoms with van der Waals surface area (Å²) < 4.78 is 0. The standard InChI is InChI=1S/C21H27NO/c23-21(16-14-18-9-3-1-4-10-18)15-8-7-13-20(21)22-17-19-11-5-2-6-12-19/h1-6,9-12,20,22-23H,7-8,13-17H2/t20-,21+/m0/s1. The topological polar surface area (TPSA) is 32.3 Å². The highest BCUT2D eigenvalue weighted by Gasteiger charge is 2.38. The summed E-state index contributed by atoms with van der Waals surface area (Å²) in [4.78, 5) is 0. The van der Waals surface area contributed by atoms with Crippen LogP contribution in [-0.2, 0) is 13.0 Å². The van der Waals surface area contributed by atoms with Crippen LogP contribution in [0.1, 0.15) is 43.2 Å². The minimum Gasteiger partial charge on any atom is -0.388 e. The van der Waals surface area contributed by atoms with E-state index in [0.29, 0.717) is 0 Å². The van der Waals surface area contributed by atoms with Crippen molar-refractivity contribution >= 4 is 0 Å². The molecule has 0 heterocycles. The molecule has 1 aliphatic carbocycles. The van der Waals surface area contributed by atoms with E-state index >= 15 is 0 Å². The molecule has 0 spiro atoms. The predicted octanol–water partition coefficient (Wildman–Crippen LogP) is 4.08. The van der Waals surface area contributed by atoms with Crippen LogP contribution >= 0.6 is 0 Å². The second-order valence-corrected chi connectivity index (χ2v) is 6.75. The van der Waals surface area contributed by atoms with Crippen LogP contribution in [0.15, 0.2) is 60.7 Å². The molecule has 0 unspecified atom stereocenters. The van der Waals surface area contributed by atoms with Crippen molar-refractivity contribution in [3.63, 3.8) is 0 Å². The van der Waals surface area contributed by atoms with Crippen molar-refractivity contribution in [2.45, 2.75) is 56.7 Å². The average molecular weight is 309 g/mol. The molecular weight excluding hydrogens is 282 g/mol. The Bertz CT molecular complexity index is 583. The highest BCUT2D eigenvalue weighted by atomic mass is 16.3. The van der Waals surface area contributed by atoms with Gasteiger partial charge in [0.05, 0.1) is 5.60 Å². The first kappa shape index (κ1) is 16.2. The molecule has 0 amide bonds. The Balaban J connectivity index is 1.60. The highest BCUT2D eigenvalue weighted by Crippen LogP contribution is 2.32. The molecule has 0 bridgehead atoms. The van der Waals surface area contributed by atoms with Crippen molar-refractivity contribution in [2.24, 2.45) is 0 Å². The molecule has 0 aliphatic heterocycles. The van der Waals surface area contributed by atoms with Gasteiger partial charge in [-0.3, -0.25) is 0 Å². The molecule has 0 saturated heterocycles. The Morgan fingerprint density at radius 1 is 0.913 bits per heavy atom. The number of rotatable bonds is 6. The molecule has 2 aromatic carbocycles. The lowest BCUT2D eigenvalue weighted by atomic mass is 9.76. The van der Waals surface area contributed by atoms with Gasteiger partial charge >= 0.3 is 0 Å². The first-order chi connectivity index (χ1) is 11.3. The third-order valence-electron chi connectivity index (χ3n) is 5.09. The Morgan fingerprint density at radius 3 is 2.26 bits per heavy atom. The van der Waals surface area contributed by atoms with E-state index in [9.17, 15) is 5.11 Å². The minimum absolute atomic E-state index is 0.195. The van der Waals surface area contributed by atoms with Gasteiger partial charge in [-0.1, -0.05) is 73.5 Å². The number of benzene rings is 2. The molecular formula is C21H27NO. The van der Waals surface area contributed by atoms with Gasteiger partial charge in [-0.2, -0.15) is 0 Å². The lowest BCUT2D eigenvalue weighted by Gasteiger charge is -2.41. The zero-order chi connectivity index (χ0) is 16.0. The van der Waals surface area contributed by atoms with E-state index in [1.54, 1.807) is 0 Å². The lowest BCUT2D eigenvalue weighted by molar-refractivity contribution is -0.0341. The van der Waals surface area contributed by atoms with Gasteiger partial charge in [-0.25, -0.2) is 0 Å². The van der Waals surface area contributed by atoms with Gasteiger partial charge in [0.2, 0.25) is 0 Å². The fraction of sp³-hybridized carbons (Fsp3) is 0.429. The second-order valence-electron chi connectivity index (χ2n) is 6.75. The molecule has 0 aromatic heterocycles. The normalized spacial score (nSPS) is 24.5. The fourth-order valence-corrected chi connectivity index (χ4v) is 3.66. The van der Waals surface area contributed by atoms with E-state index < -0.39 is 5.60 Å². The van der Waals surface area contributed by atoms with Crippen LogP contribution in [0.4, 0.5) is 0 Å². The van der Waals surface area contributed by atoms with Crippen molar-refractivity contribution in [1.29, 1.82) is 0 Å². The summed E-state index contributed by atoms with van der Waals surface area (Å²) in [5.74, 6) is 0. The van der Waals surface area contributed by atoms with Crippen LogP contribution in [-0.4, -0.2) is 16.7 Å². The van der Waals surface area contributed by atoms with Gasteiger partial charge in [0, 0.05) is 12.6 Å². The smallest absolute Gasteiger partial charge is 0.0803 e. The van der Waals surface area contributed by atoms with Gasteiger partial charge in [0.15, 0.2) is 0 Å². The van der Waals surface area contributed by atoms with Crippen LogP contribution in [0, 0.1) is 0 Å². The summed E-state index contributed by atoms with van der Waals surface area (Å²) in [7, 11) is 0. The van der Waals surface area contributed by atoms with Crippen LogP contribution in [0.2, 0.25) is 0 Å². The Morgan fingerprint density at radius 2 is 1.57 bits per heavy atom. The number of hydrogen-bond donors (Lipinski definition) is 2. The Labute approximate surface area is 139 Å². The molecule has 0 radical (unpaired) electrons. The van der Waals surface area contributed by atoms with E-state index in [1.807, 2.05) is 12.1 Å². The molecule has 2 aromatic rings. The molecule has 122 valence electrons. The Hall–Kier alpha value is -1.64. The third-order valence-corrected chi connectivity index (χ3v) is 5.09. The van der Waals surface area contributed by atoms with E-state index in [4.69, 9.17) is 0 Å². The lowest BCUT2D eigenvalue weighted by Crippen LogP contribution is -2.52. The van der Waals surface area contributed by atoms with E-state index in [1.165, 1.54) is 17.5 Å². The first-order valence-corrected chi connectivity index (χ1v) is 8.80. The van der Waals surface area contributed by atoms with Gasteiger partial charge in [0.1, 0.15) is 0 Å². The molecule has 2 N–H and O–H groups in total. The third kappa shape index (κ3) is 4.43. The summed E-state index contributed by atoms with van der Waals surface area (Å²) in [6.07, 6.45) is 6.10. The van der Waals surface area contributed by atoms with Gasteiger partial charge < -0.3 is 10.4 Å². The molecule has 1 aliphatic rings. The zero-order valence-corrected chi connectivity index (χ0v) is 13.7. The van der Waals surface area contributed by atoms with Crippen molar-refractivity contribution in [3.05, 3.63) is 71.8 Å². The molecule has 2 atom stereocenters. The summed E-state index contributed by atoms with van der Waals surface area (Å²) >= 11 is 0. The maximum absolute atomic E-state index is 11.2. The quantitative estimate of drug-likeness (QED) is 0.842. The van der Waals surface area contributed by atoms with E-state index in [0.717, 1.165) is 38.6 Å². The van der Waals surface area contributed by atoms with Crippen molar-refractivity contribution in [1.82, 2.24) is 5.32 Å². The predicted molar refractivity (Wildman–Crippen MR) is 95.3 cm³/mol. The van der Waals surface area contributed by atoms with E-state index in [-0.39, 0.29) is 6.04 Å². The van der Waals surface area contributed by atoms with Gasteiger partial charge in [-0.15, -0.1) is 0 Å². The number of aliphatic hydroxyl groups is 1. The minimum atomic E-state index is -0.580. The zero-order valence-electron chi connectivity index (χ0n) is 13.7.